The molecule has 0 N–H and O–H groups in total. The number of nitrogens with zero attached hydrogens (tertiary/aromatic N) is 4. The molecule has 0 atom stereocenters. The van der Waals surface area contributed by atoms with Crippen LogP contribution in [-0.2, 0) is 0 Å². The maximum Gasteiger partial charge on any atom is 0.160 e. The SMILES string of the molecule is c1ccc(-c2nc(-c3cc(-c4cccnc4)cc(-c4cccc5cccnc45)c3)cc(-c3cccc4c3oc3ccccc34)n2)cc1. The quantitative estimate of drug-likeness (QED) is 0.196. The first-order valence-electron chi connectivity index (χ1n) is 15.5. The zero-order valence-electron chi connectivity index (χ0n) is 25.2. The minimum Gasteiger partial charge on any atom is -0.455 e. The normalized spacial score (nSPS) is 11.4. The van der Waals surface area contributed by atoms with E-state index in [4.69, 9.17) is 19.4 Å². The fourth-order valence-corrected chi connectivity index (χ4v) is 6.37. The molecule has 0 unspecified atom stereocenters. The number of aromatic nitrogens is 4. The van der Waals surface area contributed by atoms with Gasteiger partial charge < -0.3 is 4.42 Å². The smallest absolute Gasteiger partial charge is 0.160 e. The zero-order chi connectivity index (χ0) is 31.2. The molecule has 0 amide bonds. The Morgan fingerprint density at radius 1 is 0.468 bits per heavy atom. The van der Waals surface area contributed by atoms with Crippen molar-refractivity contribution in [2.75, 3.05) is 0 Å². The Morgan fingerprint density at radius 3 is 2.11 bits per heavy atom. The predicted octanol–water partition coefficient (Wildman–Crippen LogP) is 10.7. The molecule has 0 saturated heterocycles. The molecule has 4 aromatic heterocycles. The summed E-state index contributed by atoms with van der Waals surface area (Å²) in [6, 6.07) is 47.6. The summed E-state index contributed by atoms with van der Waals surface area (Å²) >= 11 is 0. The van der Waals surface area contributed by atoms with Crippen molar-refractivity contribution >= 4 is 32.8 Å². The number of rotatable bonds is 5. The van der Waals surface area contributed by atoms with Crippen LogP contribution in [0.1, 0.15) is 0 Å². The van der Waals surface area contributed by atoms with Crippen molar-refractivity contribution in [3.63, 3.8) is 0 Å². The van der Waals surface area contributed by atoms with Gasteiger partial charge in [-0.2, -0.15) is 0 Å². The molecule has 47 heavy (non-hydrogen) atoms. The Bertz CT molecular complexity index is 2570. The molecule has 9 aromatic rings. The fraction of sp³-hybridized carbons (Fsp3) is 0. The minimum absolute atomic E-state index is 0.645. The van der Waals surface area contributed by atoms with Crippen LogP contribution in [0.2, 0.25) is 0 Å². The van der Waals surface area contributed by atoms with E-state index in [1.807, 2.05) is 73.1 Å². The Balaban J connectivity index is 1.31. The van der Waals surface area contributed by atoms with Gasteiger partial charge in [0.15, 0.2) is 5.82 Å². The van der Waals surface area contributed by atoms with Crippen molar-refractivity contribution in [3.05, 3.63) is 158 Å². The molecule has 0 saturated carbocycles. The van der Waals surface area contributed by atoms with E-state index in [9.17, 15) is 0 Å². The van der Waals surface area contributed by atoms with Crippen LogP contribution in [0.5, 0.6) is 0 Å². The minimum atomic E-state index is 0.645. The van der Waals surface area contributed by atoms with E-state index in [0.29, 0.717) is 5.82 Å². The summed E-state index contributed by atoms with van der Waals surface area (Å²) < 4.78 is 6.45. The van der Waals surface area contributed by atoms with Crippen LogP contribution in [-0.4, -0.2) is 19.9 Å². The van der Waals surface area contributed by atoms with Crippen molar-refractivity contribution in [1.82, 2.24) is 19.9 Å². The molecule has 0 aliphatic heterocycles. The third-order valence-corrected chi connectivity index (χ3v) is 8.61. The lowest BCUT2D eigenvalue weighted by Crippen LogP contribution is -1.97. The van der Waals surface area contributed by atoms with Crippen LogP contribution in [0.15, 0.2) is 163 Å². The van der Waals surface area contributed by atoms with Crippen LogP contribution in [0, 0.1) is 0 Å². The van der Waals surface area contributed by atoms with E-state index >= 15 is 0 Å². The largest absolute Gasteiger partial charge is 0.455 e. The molecule has 0 aliphatic rings. The predicted molar refractivity (Wildman–Crippen MR) is 190 cm³/mol. The highest BCUT2D eigenvalue weighted by Crippen LogP contribution is 2.39. The molecule has 0 bridgehead atoms. The molecule has 5 nitrogen and oxygen atoms in total. The average Bonchev–Trinajstić information content (AvgIpc) is 3.54. The van der Waals surface area contributed by atoms with Crippen LogP contribution in [0.4, 0.5) is 0 Å². The topological polar surface area (TPSA) is 64.7 Å². The number of hydrogen-bond donors (Lipinski definition) is 0. The summed E-state index contributed by atoms with van der Waals surface area (Å²) in [5, 5.41) is 3.23. The third-order valence-electron chi connectivity index (χ3n) is 8.61. The number of furan rings is 1. The first kappa shape index (κ1) is 26.9. The van der Waals surface area contributed by atoms with E-state index in [1.165, 1.54) is 0 Å². The van der Waals surface area contributed by atoms with Gasteiger partial charge in [0.1, 0.15) is 11.2 Å². The van der Waals surface area contributed by atoms with Crippen molar-refractivity contribution in [2.45, 2.75) is 0 Å². The Kier molecular flexibility index (Phi) is 6.39. The summed E-state index contributed by atoms with van der Waals surface area (Å²) in [6.07, 6.45) is 5.54. The number of pyridine rings is 2. The molecule has 220 valence electrons. The molecule has 0 spiro atoms. The van der Waals surface area contributed by atoms with Gasteiger partial charge >= 0.3 is 0 Å². The summed E-state index contributed by atoms with van der Waals surface area (Å²) in [4.78, 5) is 19.5. The molecule has 0 radical (unpaired) electrons. The Morgan fingerprint density at radius 2 is 1.19 bits per heavy atom. The molecule has 9 rings (SSSR count). The maximum atomic E-state index is 6.45. The van der Waals surface area contributed by atoms with Gasteiger partial charge in [0.2, 0.25) is 0 Å². The standard InChI is InChI=1S/C42H26N4O/c1-2-10-28(11-3-1)42-45-37(25-38(46-42)36-18-7-17-35-34-15-4-5-19-39(34)47-41(35)36)32-23-30(29-14-8-20-43-26-29)22-31(24-32)33-16-6-12-27-13-9-21-44-40(27)33/h1-26H. The number of hydrogen-bond acceptors (Lipinski definition) is 5. The van der Waals surface area contributed by atoms with Gasteiger partial charge in [0.25, 0.3) is 0 Å². The summed E-state index contributed by atoms with van der Waals surface area (Å²) in [5.74, 6) is 0.645. The summed E-state index contributed by atoms with van der Waals surface area (Å²) in [5.41, 5.74) is 11.2. The fourth-order valence-electron chi connectivity index (χ4n) is 6.37. The molecular formula is C42H26N4O. The van der Waals surface area contributed by atoms with Crippen LogP contribution >= 0.6 is 0 Å². The van der Waals surface area contributed by atoms with Crippen LogP contribution in [0.3, 0.4) is 0 Å². The van der Waals surface area contributed by atoms with Gasteiger partial charge in [-0.1, -0.05) is 91.0 Å². The number of benzene rings is 5. The second-order valence-electron chi connectivity index (χ2n) is 11.5. The Hall–Kier alpha value is -6.46. The number of fused-ring (bicyclic) bond motifs is 4. The highest BCUT2D eigenvalue weighted by atomic mass is 16.3. The van der Waals surface area contributed by atoms with Crippen molar-refractivity contribution in [3.8, 4) is 56.2 Å². The van der Waals surface area contributed by atoms with Gasteiger partial charge in [-0.3, -0.25) is 9.97 Å². The highest BCUT2D eigenvalue weighted by Gasteiger charge is 2.18. The van der Waals surface area contributed by atoms with Gasteiger partial charge in [-0.05, 0) is 59.7 Å². The Labute approximate surface area is 270 Å². The third kappa shape index (κ3) is 4.82. The van der Waals surface area contributed by atoms with Crippen LogP contribution < -0.4 is 0 Å². The lowest BCUT2D eigenvalue weighted by atomic mass is 9.94. The van der Waals surface area contributed by atoms with Crippen molar-refractivity contribution in [2.24, 2.45) is 0 Å². The van der Waals surface area contributed by atoms with Gasteiger partial charge in [0, 0.05) is 62.6 Å². The van der Waals surface area contributed by atoms with Crippen molar-refractivity contribution < 1.29 is 4.42 Å². The first-order valence-corrected chi connectivity index (χ1v) is 15.5. The average molecular weight is 603 g/mol. The second kappa shape index (κ2) is 11.2. The molecule has 0 fully saturated rings. The van der Waals surface area contributed by atoms with E-state index in [0.717, 1.165) is 83.2 Å². The molecular weight excluding hydrogens is 576 g/mol. The van der Waals surface area contributed by atoms with Gasteiger partial charge in [0.05, 0.1) is 16.9 Å². The molecule has 5 heteroatoms. The molecule has 5 aromatic carbocycles. The van der Waals surface area contributed by atoms with Crippen LogP contribution in [0.25, 0.3) is 89.0 Å². The van der Waals surface area contributed by atoms with Gasteiger partial charge in [-0.25, -0.2) is 9.97 Å². The van der Waals surface area contributed by atoms with E-state index in [-0.39, 0.29) is 0 Å². The second-order valence-corrected chi connectivity index (χ2v) is 11.5. The molecule has 0 aliphatic carbocycles. The van der Waals surface area contributed by atoms with E-state index in [1.54, 1.807) is 6.20 Å². The van der Waals surface area contributed by atoms with Crippen molar-refractivity contribution in [1.29, 1.82) is 0 Å². The maximum absolute atomic E-state index is 6.45. The summed E-state index contributed by atoms with van der Waals surface area (Å²) in [6.45, 7) is 0. The van der Waals surface area contributed by atoms with E-state index in [2.05, 4.69) is 83.8 Å². The number of para-hydroxylation sites is 3. The molecule has 4 heterocycles. The van der Waals surface area contributed by atoms with Gasteiger partial charge in [-0.15, -0.1) is 0 Å². The first-order chi connectivity index (χ1) is 23.3. The summed E-state index contributed by atoms with van der Waals surface area (Å²) in [7, 11) is 0. The lowest BCUT2D eigenvalue weighted by molar-refractivity contribution is 0.670. The zero-order valence-corrected chi connectivity index (χ0v) is 25.2. The van der Waals surface area contributed by atoms with E-state index < -0.39 is 0 Å². The highest BCUT2D eigenvalue weighted by molar-refractivity contribution is 6.09. The lowest BCUT2D eigenvalue weighted by Gasteiger charge is -2.14. The monoisotopic (exact) mass is 602 g/mol.